The molecule has 0 saturated heterocycles. The summed E-state index contributed by atoms with van der Waals surface area (Å²) in [6, 6.07) is 5.08. The number of nitrogens with one attached hydrogen (secondary N) is 1. The largest absolute Gasteiger partial charge is 0.380 e. The summed E-state index contributed by atoms with van der Waals surface area (Å²) in [5, 5.41) is 0. The van der Waals surface area contributed by atoms with Crippen LogP contribution in [0.5, 0.6) is 0 Å². The number of methoxy groups -OCH3 is 1. The number of ether oxygens (including phenoxy) is 1. The molecule has 2 unspecified atom stereocenters. The summed E-state index contributed by atoms with van der Waals surface area (Å²) in [6.07, 6.45) is 2.31. The minimum absolute atomic E-state index is 0.133. The van der Waals surface area contributed by atoms with Crippen LogP contribution in [0.15, 0.2) is 29.2 Å². The molecule has 1 aliphatic carbocycles. The fourth-order valence-electron chi connectivity index (χ4n) is 2.27. The van der Waals surface area contributed by atoms with Gasteiger partial charge in [0.2, 0.25) is 10.0 Å². The zero-order chi connectivity index (χ0) is 13.2. The highest BCUT2D eigenvalue weighted by molar-refractivity contribution is 7.89. The van der Waals surface area contributed by atoms with Gasteiger partial charge in [-0.25, -0.2) is 17.5 Å². The molecule has 0 heterocycles. The van der Waals surface area contributed by atoms with E-state index in [-0.39, 0.29) is 17.0 Å². The van der Waals surface area contributed by atoms with Crippen molar-refractivity contribution in [1.29, 1.82) is 0 Å². The lowest BCUT2D eigenvalue weighted by atomic mass is 10.2. The first-order valence-corrected chi connectivity index (χ1v) is 7.32. The van der Waals surface area contributed by atoms with E-state index in [1.807, 2.05) is 0 Å². The molecule has 1 N–H and O–H groups in total. The molecule has 1 aliphatic rings. The summed E-state index contributed by atoms with van der Waals surface area (Å²) in [7, 11) is -2.27. The van der Waals surface area contributed by atoms with Gasteiger partial charge in [-0.1, -0.05) is 12.1 Å². The Morgan fingerprint density at radius 2 is 2.06 bits per heavy atom. The summed E-state index contributed by atoms with van der Waals surface area (Å²) in [5.74, 6) is -0.739. The Bertz CT molecular complexity index is 518. The monoisotopic (exact) mass is 273 g/mol. The molecule has 0 aromatic heterocycles. The van der Waals surface area contributed by atoms with Crippen LogP contribution >= 0.6 is 0 Å². The lowest BCUT2D eigenvalue weighted by molar-refractivity contribution is 0.0916. The van der Waals surface area contributed by atoms with Gasteiger partial charge in [-0.3, -0.25) is 0 Å². The third-order valence-corrected chi connectivity index (χ3v) is 4.71. The number of benzene rings is 1. The molecule has 0 aliphatic heterocycles. The van der Waals surface area contributed by atoms with E-state index < -0.39 is 15.8 Å². The van der Waals surface area contributed by atoms with E-state index in [1.54, 1.807) is 7.11 Å². The summed E-state index contributed by atoms with van der Waals surface area (Å²) < 4.78 is 45.4. The molecule has 18 heavy (non-hydrogen) atoms. The molecule has 100 valence electrons. The Morgan fingerprint density at radius 3 is 2.72 bits per heavy atom. The first-order chi connectivity index (χ1) is 8.54. The highest BCUT2D eigenvalue weighted by Gasteiger charge is 2.32. The Hall–Kier alpha value is -0.980. The van der Waals surface area contributed by atoms with Crippen molar-refractivity contribution in [2.24, 2.45) is 0 Å². The van der Waals surface area contributed by atoms with Gasteiger partial charge in [-0.2, -0.15) is 0 Å². The fraction of sp³-hybridized carbons (Fsp3) is 0.500. The Kier molecular flexibility index (Phi) is 3.99. The van der Waals surface area contributed by atoms with Crippen molar-refractivity contribution < 1.29 is 17.5 Å². The molecule has 4 nitrogen and oxygen atoms in total. The molecule has 0 radical (unpaired) electrons. The van der Waals surface area contributed by atoms with Gasteiger partial charge in [0.05, 0.1) is 6.10 Å². The second-order valence-electron chi connectivity index (χ2n) is 4.36. The van der Waals surface area contributed by atoms with Crippen molar-refractivity contribution in [3.05, 3.63) is 30.1 Å². The van der Waals surface area contributed by atoms with Gasteiger partial charge >= 0.3 is 0 Å². The van der Waals surface area contributed by atoms with Crippen LogP contribution in [0.4, 0.5) is 4.39 Å². The van der Waals surface area contributed by atoms with Crippen molar-refractivity contribution in [1.82, 2.24) is 4.72 Å². The SMILES string of the molecule is COC1CCCC1NS(=O)(=O)c1ccccc1F. The van der Waals surface area contributed by atoms with Crippen LogP contribution in [-0.2, 0) is 14.8 Å². The minimum atomic E-state index is -3.82. The van der Waals surface area contributed by atoms with E-state index >= 15 is 0 Å². The van der Waals surface area contributed by atoms with E-state index in [0.717, 1.165) is 18.9 Å². The summed E-state index contributed by atoms with van der Waals surface area (Å²) >= 11 is 0. The standard InChI is InChI=1S/C12H16FNO3S/c1-17-11-7-4-6-10(11)14-18(15,16)12-8-3-2-5-9(12)13/h2-3,5,8,10-11,14H,4,6-7H2,1H3. The quantitative estimate of drug-likeness (QED) is 0.908. The molecule has 2 rings (SSSR count). The average molecular weight is 273 g/mol. The van der Waals surface area contributed by atoms with E-state index in [9.17, 15) is 12.8 Å². The Balaban J connectivity index is 2.20. The maximum absolute atomic E-state index is 13.5. The van der Waals surface area contributed by atoms with Crippen molar-refractivity contribution in [2.75, 3.05) is 7.11 Å². The lowest BCUT2D eigenvalue weighted by Crippen LogP contribution is -2.40. The first kappa shape index (κ1) is 13.5. The second kappa shape index (κ2) is 5.34. The first-order valence-electron chi connectivity index (χ1n) is 5.84. The molecule has 1 fully saturated rings. The van der Waals surface area contributed by atoms with Crippen LogP contribution in [0.3, 0.4) is 0 Å². The molecule has 1 saturated carbocycles. The maximum Gasteiger partial charge on any atom is 0.243 e. The van der Waals surface area contributed by atoms with Crippen LogP contribution in [-0.4, -0.2) is 27.7 Å². The predicted octanol–water partition coefficient (Wildman–Crippen LogP) is 1.67. The van der Waals surface area contributed by atoms with Gasteiger partial charge in [-0.05, 0) is 31.4 Å². The lowest BCUT2D eigenvalue weighted by Gasteiger charge is -2.19. The third-order valence-electron chi connectivity index (χ3n) is 3.19. The summed E-state index contributed by atoms with van der Waals surface area (Å²) in [4.78, 5) is -0.313. The number of hydrogen-bond acceptors (Lipinski definition) is 3. The van der Waals surface area contributed by atoms with Crippen LogP contribution in [0.2, 0.25) is 0 Å². The Labute approximate surface area is 106 Å². The van der Waals surface area contributed by atoms with Gasteiger partial charge < -0.3 is 4.74 Å². The molecule has 0 spiro atoms. The van der Waals surface area contributed by atoms with Crippen LogP contribution in [0.1, 0.15) is 19.3 Å². The van der Waals surface area contributed by atoms with Crippen LogP contribution in [0, 0.1) is 5.82 Å². The number of rotatable bonds is 4. The zero-order valence-electron chi connectivity index (χ0n) is 10.1. The average Bonchev–Trinajstić information content (AvgIpc) is 2.76. The van der Waals surface area contributed by atoms with Crippen LogP contribution < -0.4 is 4.72 Å². The second-order valence-corrected chi connectivity index (χ2v) is 6.05. The summed E-state index contributed by atoms with van der Waals surface area (Å²) in [6.45, 7) is 0. The van der Waals surface area contributed by atoms with E-state index in [4.69, 9.17) is 4.74 Å². The van der Waals surface area contributed by atoms with Gasteiger partial charge in [0, 0.05) is 13.2 Å². The van der Waals surface area contributed by atoms with Gasteiger partial charge in [0.25, 0.3) is 0 Å². The van der Waals surface area contributed by atoms with Gasteiger partial charge in [0.15, 0.2) is 0 Å². The van der Waals surface area contributed by atoms with Crippen molar-refractivity contribution >= 4 is 10.0 Å². The molecule has 1 aromatic carbocycles. The van der Waals surface area contributed by atoms with Gasteiger partial charge in [0.1, 0.15) is 10.7 Å². The molecular weight excluding hydrogens is 257 g/mol. The summed E-state index contributed by atoms with van der Waals surface area (Å²) in [5.41, 5.74) is 0. The number of sulfonamides is 1. The molecule has 6 heteroatoms. The van der Waals surface area contributed by atoms with E-state index in [2.05, 4.69) is 4.72 Å². The van der Waals surface area contributed by atoms with E-state index in [0.29, 0.717) is 6.42 Å². The highest BCUT2D eigenvalue weighted by atomic mass is 32.2. The number of hydrogen-bond donors (Lipinski definition) is 1. The number of halogens is 1. The van der Waals surface area contributed by atoms with Crippen molar-refractivity contribution in [3.8, 4) is 0 Å². The third kappa shape index (κ3) is 2.71. The topological polar surface area (TPSA) is 55.4 Å². The van der Waals surface area contributed by atoms with E-state index in [1.165, 1.54) is 18.2 Å². The van der Waals surface area contributed by atoms with Crippen LogP contribution in [0.25, 0.3) is 0 Å². The highest BCUT2D eigenvalue weighted by Crippen LogP contribution is 2.24. The molecule has 0 bridgehead atoms. The zero-order valence-corrected chi connectivity index (χ0v) is 10.9. The van der Waals surface area contributed by atoms with Crippen molar-refractivity contribution in [3.63, 3.8) is 0 Å². The van der Waals surface area contributed by atoms with Crippen molar-refractivity contribution in [2.45, 2.75) is 36.3 Å². The maximum atomic E-state index is 13.5. The smallest absolute Gasteiger partial charge is 0.243 e. The van der Waals surface area contributed by atoms with Gasteiger partial charge in [-0.15, -0.1) is 0 Å². The molecule has 1 aromatic rings. The Morgan fingerprint density at radius 1 is 1.33 bits per heavy atom. The fourth-order valence-corrected chi connectivity index (χ4v) is 3.65. The molecular formula is C12H16FNO3S. The normalized spacial score (nSPS) is 24.3. The molecule has 0 amide bonds. The molecule has 2 atom stereocenters. The minimum Gasteiger partial charge on any atom is -0.380 e. The predicted molar refractivity (Wildman–Crippen MR) is 65.2 cm³/mol.